The summed E-state index contributed by atoms with van der Waals surface area (Å²) in [6.45, 7) is 6.18. The summed E-state index contributed by atoms with van der Waals surface area (Å²) in [6.07, 6.45) is 1.65. The molecule has 122 valence electrons. The predicted octanol–water partition coefficient (Wildman–Crippen LogP) is 1.19. The zero-order chi connectivity index (χ0) is 16.1. The summed E-state index contributed by atoms with van der Waals surface area (Å²) < 4.78 is 0. The summed E-state index contributed by atoms with van der Waals surface area (Å²) in [4.78, 5) is 30.7. The second-order valence-electron chi connectivity index (χ2n) is 5.90. The maximum absolute atomic E-state index is 12.5. The third-order valence-electron chi connectivity index (χ3n) is 3.76. The number of nitrogens with zero attached hydrogens (tertiary/aromatic N) is 2. The molecule has 1 saturated heterocycles. The van der Waals surface area contributed by atoms with Gasteiger partial charge < -0.3 is 16.0 Å². The largest absolute Gasteiger partial charge is 0.355 e. The summed E-state index contributed by atoms with van der Waals surface area (Å²) in [7, 11) is 0. The molecule has 0 aromatic carbocycles. The van der Waals surface area contributed by atoms with E-state index in [0.717, 1.165) is 17.8 Å². The Bertz CT molecular complexity index is 529. The number of carbonyl (C=O) groups is 2. The van der Waals surface area contributed by atoms with Crippen LogP contribution in [0.25, 0.3) is 0 Å². The topological polar surface area (TPSA) is 88.3 Å². The lowest BCUT2D eigenvalue weighted by atomic mass is 9.97. The molecule has 0 spiro atoms. The van der Waals surface area contributed by atoms with Gasteiger partial charge in [-0.3, -0.25) is 9.59 Å². The van der Waals surface area contributed by atoms with E-state index < -0.39 is 0 Å². The molecule has 7 heteroatoms. The molecule has 0 radical (unpaired) electrons. The van der Waals surface area contributed by atoms with Gasteiger partial charge in [-0.1, -0.05) is 13.8 Å². The molecule has 1 atom stereocenters. The molecular weight excluding hydrogens is 300 g/mol. The lowest BCUT2D eigenvalue weighted by Crippen LogP contribution is -2.46. The zero-order valence-electron chi connectivity index (χ0n) is 13.2. The SMILES string of the molecule is CC(C)c1nc(C(=O)N2CCCC(C(=O)NCCN)C2)cs1. The van der Waals surface area contributed by atoms with Crippen LogP contribution in [0.15, 0.2) is 5.38 Å². The van der Waals surface area contributed by atoms with Gasteiger partial charge in [-0.05, 0) is 12.8 Å². The second kappa shape index (κ2) is 7.69. The summed E-state index contributed by atoms with van der Waals surface area (Å²) >= 11 is 1.52. The van der Waals surface area contributed by atoms with Gasteiger partial charge in [0.2, 0.25) is 5.91 Å². The van der Waals surface area contributed by atoms with Crippen molar-refractivity contribution in [1.82, 2.24) is 15.2 Å². The van der Waals surface area contributed by atoms with E-state index in [0.29, 0.717) is 37.8 Å². The van der Waals surface area contributed by atoms with Crippen molar-refractivity contribution in [2.24, 2.45) is 11.7 Å². The van der Waals surface area contributed by atoms with Gasteiger partial charge in [0, 0.05) is 37.5 Å². The third-order valence-corrected chi connectivity index (χ3v) is 4.90. The molecule has 1 aliphatic rings. The number of hydrogen-bond donors (Lipinski definition) is 2. The molecule has 3 N–H and O–H groups in total. The highest BCUT2D eigenvalue weighted by molar-refractivity contribution is 7.09. The van der Waals surface area contributed by atoms with Crippen LogP contribution in [0, 0.1) is 5.92 Å². The summed E-state index contributed by atoms with van der Waals surface area (Å²) in [5.41, 5.74) is 5.90. The van der Waals surface area contributed by atoms with E-state index in [-0.39, 0.29) is 17.7 Å². The van der Waals surface area contributed by atoms with Crippen molar-refractivity contribution in [2.75, 3.05) is 26.2 Å². The minimum absolute atomic E-state index is 0.0101. The highest BCUT2D eigenvalue weighted by Crippen LogP contribution is 2.22. The van der Waals surface area contributed by atoms with Crippen LogP contribution < -0.4 is 11.1 Å². The Morgan fingerprint density at radius 1 is 1.55 bits per heavy atom. The maximum atomic E-state index is 12.5. The van der Waals surface area contributed by atoms with E-state index in [9.17, 15) is 9.59 Å². The number of thiazole rings is 1. The average molecular weight is 324 g/mol. The number of piperidine rings is 1. The van der Waals surface area contributed by atoms with Crippen molar-refractivity contribution in [2.45, 2.75) is 32.6 Å². The van der Waals surface area contributed by atoms with Gasteiger partial charge in [0.25, 0.3) is 5.91 Å². The minimum Gasteiger partial charge on any atom is -0.355 e. The molecule has 1 unspecified atom stereocenters. The fourth-order valence-corrected chi connectivity index (χ4v) is 3.34. The normalized spacial score (nSPS) is 18.5. The average Bonchev–Trinajstić information content (AvgIpc) is 3.02. The highest BCUT2D eigenvalue weighted by Gasteiger charge is 2.29. The first-order valence-electron chi connectivity index (χ1n) is 7.75. The van der Waals surface area contributed by atoms with Crippen LogP contribution in [0.3, 0.4) is 0 Å². The monoisotopic (exact) mass is 324 g/mol. The van der Waals surface area contributed by atoms with Crippen LogP contribution in [-0.2, 0) is 4.79 Å². The van der Waals surface area contributed by atoms with Crippen LogP contribution in [0.4, 0.5) is 0 Å². The molecule has 6 nitrogen and oxygen atoms in total. The van der Waals surface area contributed by atoms with Gasteiger partial charge in [0.05, 0.1) is 10.9 Å². The highest BCUT2D eigenvalue weighted by atomic mass is 32.1. The Kier molecular flexibility index (Phi) is 5.90. The number of nitrogens with one attached hydrogen (secondary N) is 1. The van der Waals surface area contributed by atoms with Crippen LogP contribution in [0.2, 0.25) is 0 Å². The fraction of sp³-hybridized carbons (Fsp3) is 0.667. The first-order chi connectivity index (χ1) is 10.5. The molecule has 1 aromatic heterocycles. The first-order valence-corrected chi connectivity index (χ1v) is 8.63. The van der Waals surface area contributed by atoms with E-state index in [1.807, 2.05) is 5.38 Å². The summed E-state index contributed by atoms with van der Waals surface area (Å²) in [5, 5.41) is 5.59. The lowest BCUT2D eigenvalue weighted by Gasteiger charge is -2.31. The number of likely N-dealkylation sites (tertiary alicyclic amines) is 1. The van der Waals surface area contributed by atoms with Crippen molar-refractivity contribution in [3.8, 4) is 0 Å². The summed E-state index contributed by atoms with van der Waals surface area (Å²) in [5.74, 6) is 0.0960. The van der Waals surface area contributed by atoms with Gasteiger partial charge in [-0.15, -0.1) is 11.3 Å². The Morgan fingerprint density at radius 3 is 2.95 bits per heavy atom. The van der Waals surface area contributed by atoms with Crippen LogP contribution in [0.1, 0.15) is 48.1 Å². The standard InChI is InChI=1S/C15H24N4O2S/c1-10(2)14-18-12(9-22-14)15(21)19-7-3-4-11(8-19)13(20)17-6-5-16/h9-11H,3-8,16H2,1-2H3,(H,17,20). The Labute approximate surface area is 135 Å². The number of amides is 2. The number of rotatable bonds is 5. The number of aromatic nitrogens is 1. The van der Waals surface area contributed by atoms with Gasteiger partial charge in [0.15, 0.2) is 0 Å². The Hall–Kier alpha value is -1.47. The van der Waals surface area contributed by atoms with Gasteiger partial charge in [-0.2, -0.15) is 0 Å². The van der Waals surface area contributed by atoms with E-state index in [4.69, 9.17) is 5.73 Å². The van der Waals surface area contributed by atoms with E-state index in [1.54, 1.807) is 4.90 Å². The zero-order valence-corrected chi connectivity index (χ0v) is 14.0. The van der Waals surface area contributed by atoms with Crippen molar-refractivity contribution < 1.29 is 9.59 Å². The van der Waals surface area contributed by atoms with Crippen molar-refractivity contribution >= 4 is 23.2 Å². The molecule has 2 rings (SSSR count). The van der Waals surface area contributed by atoms with E-state index in [1.165, 1.54) is 11.3 Å². The smallest absolute Gasteiger partial charge is 0.273 e. The minimum atomic E-state index is -0.146. The Morgan fingerprint density at radius 2 is 2.32 bits per heavy atom. The van der Waals surface area contributed by atoms with Gasteiger partial charge in [0.1, 0.15) is 5.69 Å². The first kappa shape index (κ1) is 16.9. The number of carbonyl (C=O) groups excluding carboxylic acids is 2. The molecule has 0 bridgehead atoms. The van der Waals surface area contributed by atoms with E-state index in [2.05, 4.69) is 24.1 Å². The number of nitrogens with two attached hydrogens (primary N) is 1. The fourth-order valence-electron chi connectivity index (χ4n) is 2.53. The van der Waals surface area contributed by atoms with Gasteiger partial charge in [-0.25, -0.2) is 4.98 Å². The van der Waals surface area contributed by atoms with Crippen molar-refractivity contribution in [3.05, 3.63) is 16.1 Å². The molecule has 1 fully saturated rings. The quantitative estimate of drug-likeness (QED) is 0.851. The molecular formula is C15H24N4O2S. The molecule has 1 aliphatic heterocycles. The molecule has 2 amide bonds. The molecule has 2 heterocycles. The maximum Gasteiger partial charge on any atom is 0.273 e. The molecule has 0 aliphatic carbocycles. The van der Waals surface area contributed by atoms with Crippen LogP contribution in [0.5, 0.6) is 0 Å². The lowest BCUT2D eigenvalue weighted by molar-refractivity contribution is -0.126. The molecule has 22 heavy (non-hydrogen) atoms. The molecule has 0 saturated carbocycles. The number of hydrogen-bond acceptors (Lipinski definition) is 5. The van der Waals surface area contributed by atoms with Crippen molar-refractivity contribution in [1.29, 1.82) is 0 Å². The van der Waals surface area contributed by atoms with Crippen LogP contribution in [-0.4, -0.2) is 47.9 Å². The van der Waals surface area contributed by atoms with Gasteiger partial charge >= 0.3 is 0 Å². The van der Waals surface area contributed by atoms with Crippen molar-refractivity contribution in [3.63, 3.8) is 0 Å². The Balaban J connectivity index is 1.98. The van der Waals surface area contributed by atoms with Crippen LogP contribution >= 0.6 is 11.3 Å². The third kappa shape index (κ3) is 4.04. The molecule has 1 aromatic rings. The summed E-state index contributed by atoms with van der Waals surface area (Å²) in [6, 6.07) is 0. The second-order valence-corrected chi connectivity index (χ2v) is 6.79. The predicted molar refractivity (Wildman–Crippen MR) is 86.9 cm³/mol. The van der Waals surface area contributed by atoms with E-state index >= 15 is 0 Å².